The topological polar surface area (TPSA) is 60.9 Å². The van der Waals surface area contributed by atoms with Crippen molar-refractivity contribution in [3.63, 3.8) is 0 Å². The molecule has 1 aliphatic heterocycles. The minimum atomic E-state index is 0.0130. The third-order valence-corrected chi connectivity index (χ3v) is 6.54. The van der Waals surface area contributed by atoms with Crippen LogP contribution in [-0.2, 0) is 0 Å². The van der Waals surface area contributed by atoms with Gasteiger partial charge in [0, 0.05) is 31.5 Å². The number of hydrogen-bond acceptors (Lipinski definition) is 6. The van der Waals surface area contributed by atoms with E-state index in [1.165, 1.54) is 11.3 Å². The summed E-state index contributed by atoms with van der Waals surface area (Å²) in [6, 6.07) is 22.7. The molecule has 2 heterocycles. The van der Waals surface area contributed by atoms with Crippen LogP contribution in [0.3, 0.4) is 0 Å². The van der Waals surface area contributed by atoms with E-state index in [0.717, 1.165) is 34.6 Å². The molecule has 1 amide bonds. The van der Waals surface area contributed by atoms with Crippen molar-refractivity contribution in [3.8, 4) is 22.4 Å². The maximum Gasteiger partial charge on any atom is 0.274 e. The van der Waals surface area contributed by atoms with Crippen LogP contribution >= 0.6 is 11.3 Å². The second-order valence-electron chi connectivity index (χ2n) is 7.87. The Morgan fingerprint density at radius 3 is 2.52 bits per heavy atom. The van der Waals surface area contributed by atoms with Gasteiger partial charge in [0.25, 0.3) is 11.1 Å². The normalized spacial score (nSPS) is 14.3. The maximum absolute atomic E-state index is 13.1. The van der Waals surface area contributed by atoms with E-state index in [4.69, 9.17) is 14.2 Å². The number of amides is 1. The number of fused-ring (bicyclic) bond motifs is 1. The molecule has 3 aromatic carbocycles. The minimum absolute atomic E-state index is 0.0130. The number of rotatable bonds is 6. The predicted molar refractivity (Wildman–Crippen MR) is 129 cm³/mol. The molecule has 33 heavy (non-hydrogen) atoms. The molecule has 7 heteroatoms. The summed E-state index contributed by atoms with van der Waals surface area (Å²) < 4.78 is 18.3. The molecule has 1 fully saturated rings. The second-order valence-corrected chi connectivity index (χ2v) is 8.86. The van der Waals surface area contributed by atoms with Crippen molar-refractivity contribution < 1.29 is 19.0 Å². The number of thiazole rings is 1. The average molecular weight is 461 g/mol. The summed E-state index contributed by atoms with van der Waals surface area (Å²) in [5, 5.41) is 0.661. The van der Waals surface area contributed by atoms with E-state index in [0.29, 0.717) is 29.6 Å². The van der Waals surface area contributed by atoms with Gasteiger partial charge < -0.3 is 19.1 Å². The van der Waals surface area contributed by atoms with E-state index in [2.05, 4.69) is 4.98 Å². The molecule has 4 aromatic rings. The Labute approximate surface area is 196 Å². The van der Waals surface area contributed by atoms with Crippen LogP contribution in [0.1, 0.15) is 23.2 Å². The lowest BCUT2D eigenvalue weighted by atomic mass is 10.1. The average Bonchev–Trinajstić information content (AvgIpc) is 3.26. The smallest absolute Gasteiger partial charge is 0.274 e. The van der Waals surface area contributed by atoms with Gasteiger partial charge in [0.1, 0.15) is 23.4 Å². The maximum atomic E-state index is 13.1. The van der Waals surface area contributed by atoms with Crippen LogP contribution in [0.4, 0.5) is 0 Å². The van der Waals surface area contributed by atoms with Gasteiger partial charge in [-0.2, -0.15) is 0 Å². The standard InChI is InChI=1S/C26H24N2O4S/c1-30-21-10-11-23-24(17-21)33-26(27-23)32-20-12-14-28(15-13-20)25(29)18-6-5-9-22(16-18)31-19-7-3-2-4-8-19/h2-11,16-17,20H,12-15H2,1H3. The number of aromatic nitrogens is 1. The van der Waals surface area contributed by atoms with Gasteiger partial charge in [-0.3, -0.25) is 4.79 Å². The van der Waals surface area contributed by atoms with Gasteiger partial charge in [-0.25, -0.2) is 4.98 Å². The van der Waals surface area contributed by atoms with E-state index in [9.17, 15) is 4.79 Å². The number of carbonyl (C=O) groups excluding carboxylic acids is 1. The van der Waals surface area contributed by atoms with E-state index in [-0.39, 0.29) is 12.0 Å². The Kier molecular flexibility index (Phi) is 6.13. The third-order valence-electron chi connectivity index (χ3n) is 5.63. The zero-order valence-corrected chi connectivity index (χ0v) is 19.1. The van der Waals surface area contributed by atoms with Gasteiger partial charge in [-0.1, -0.05) is 35.6 Å². The molecule has 0 saturated carbocycles. The first-order valence-electron chi connectivity index (χ1n) is 10.9. The van der Waals surface area contributed by atoms with Crippen molar-refractivity contribution in [3.05, 3.63) is 78.4 Å². The molecule has 168 valence electrons. The zero-order chi connectivity index (χ0) is 22.6. The molecule has 0 radical (unpaired) electrons. The highest BCUT2D eigenvalue weighted by Crippen LogP contribution is 2.32. The molecular formula is C26H24N2O4S. The lowest BCUT2D eigenvalue weighted by Crippen LogP contribution is -2.41. The lowest BCUT2D eigenvalue weighted by Gasteiger charge is -2.31. The summed E-state index contributed by atoms with van der Waals surface area (Å²) in [5.41, 5.74) is 1.53. The molecule has 0 bridgehead atoms. The SMILES string of the molecule is COc1ccc2nc(OC3CCN(C(=O)c4cccc(Oc5ccccc5)c4)CC3)sc2c1. The van der Waals surface area contributed by atoms with Crippen molar-refractivity contribution in [1.82, 2.24) is 9.88 Å². The fourth-order valence-corrected chi connectivity index (χ4v) is 4.79. The van der Waals surface area contributed by atoms with Gasteiger partial charge in [0.2, 0.25) is 0 Å². The summed E-state index contributed by atoms with van der Waals surface area (Å²) in [4.78, 5) is 19.5. The number of likely N-dealkylation sites (tertiary alicyclic amines) is 1. The fourth-order valence-electron chi connectivity index (χ4n) is 3.88. The van der Waals surface area contributed by atoms with Gasteiger partial charge in [0.15, 0.2) is 0 Å². The van der Waals surface area contributed by atoms with E-state index in [1.807, 2.05) is 71.6 Å². The monoisotopic (exact) mass is 460 g/mol. The lowest BCUT2D eigenvalue weighted by molar-refractivity contribution is 0.0595. The van der Waals surface area contributed by atoms with Crippen LogP contribution < -0.4 is 14.2 Å². The highest BCUT2D eigenvalue weighted by molar-refractivity contribution is 7.20. The van der Waals surface area contributed by atoms with Crippen LogP contribution in [0.5, 0.6) is 22.4 Å². The molecule has 0 N–H and O–H groups in total. The minimum Gasteiger partial charge on any atom is -0.497 e. The summed E-state index contributed by atoms with van der Waals surface area (Å²) >= 11 is 1.52. The number of ether oxygens (including phenoxy) is 3. The fraction of sp³-hybridized carbons (Fsp3) is 0.231. The number of methoxy groups -OCH3 is 1. The first-order valence-corrected chi connectivity index (χ1v) is 11.7. The molecule has 0 atom stereocenters. The Morgan fingerprint density at radius 1 is 0.939 bits per heavy atom. The summed E-state index contributed by atoms with van der Waals surface area (Å²) in [6.45, 7) is 1.29. The van der Waals surface area contributed by atoms with E-state index in [1.54, 1.807) is 13.2 Å². The first kappa shape index (κ1) is 21.3. The predicted octanol–water partition coefficient (Wildman–Crippen LogP) is 5.78. The van der Waals surface area contributed by atoms with Crippen LogP contribution in [0, 0.1) is 0 Å². The molecule has 1 aliphatic rings. The Bertz CT molecular complexity index is 1250. The number of benzene rings is 3. The Balaban J connectivity index is 1.19. The summed E-state index contributed by atoms with van der Waals surface area (Å²) in [7, 11) is 1.65. The number of carbonyl (C=O) groups is 1. The summed E-state index contributed by atoms with van der Waals surface area (Å²) in [5.74, 6) is 2.22. The van der Waals surface area contributed by atoms with Gasteiger partial charge in [-0.15, -0.1) is 0 Å². The molecule has 5 rings (SSSR count). The molecule has 0 spiro atoms. The van der Waals surface area contributed by atoms with Crippen LogP contribution in [0.25, 0.3) is 10.2 Å². The quantitative estimate of drug-likeness (QED) is 0.365. The molecule has 6 nitrogen and oxygen atoms in total. The summed E-state index contributed by atoms with van der Waals surface area (Å²) in [6.07, 6.45) is 1.58. The van der Waals surface area contributed by atoms with E-state index >= 15 is 0 Å². The highest BCUT2D eigenvalue weighted by Gasteiger charge is 2.25. The molecule has 1 aromatic heterocycles. The number of hydrogen-bond donors (Lipinski definition) is 0. The van der Waals surface area contributed by atoms with Crippen molar-refractivity contribution in [2.45, 2.75) is 18.9 Å². The third kappa shape index (κ3) is 4.93. The van der Waals surface area contributed by atoms with Crippen molar-refractivity contribution in [2.24, 2.45) is 0 Å². The van der Waals surface area contributed by atoms with E-state index < -0.39 is 0 Å². The largest absolute Gasteiger partial charge is 0.497 e. The van der Waals surface area contributed by atoms with Gasteiger partial charge in [-0.05, 0) is 48.5 Å². The van der Waals surface area contributed by atoms with Gasteiger partial charge >= 0.3 is 0 Å². The molecule has 0 aliphatic carbocycles. The second kappa shape index (κ2) is 9.50. The Morgan fingerprint density at radius 2 is 1.73 bits per heavy atom. The van der Waals surface area contributed by atoms with Crippen LogP contribution in [-0.4, -0.2) is 42.1 Å². The van der Waals surface area contributed by atoms with Crippen LogP contribution in [0.15, 0.2) is 72.8 Å². The van der Waals surface area contributed by atoms with Crippen molar-refractivity contribution in [1.29, 1.82) is 0 Å². The molecule has 1 saturated heterocycles. The zero-order valence-electron chi connectivity index (χ0n) is 18.3. The number of piperidine rings is 1. The number of para-hydroxylation sites is 1. The van der Waals surface area contributed by atoms with Crippen LogP contribution in [0.2, 0.25) is 0 Å². The first-order chi connectivity index (χ1) is 16.2. The highest BCUT2D eigenvalue weighted by atomic mass is 32.1. The van der Waals surface area contributed by atoms with Crippen molar-refractivity contribution >= 4 is 27.5 Å². The van der Waals surface area contributed by atoms with Gasteiger partial charge in [0.05, 0.1) is 17.3 Å². The molecular weight excluding hydrogens is 436 g/mol. The Hall–Kier alpha value is -3.58. The number of nitrogens with zero attached hydrogens (tertiary/aromatic N) is 2. The van der Waals surface area contributed by atoms with Crippen molar-refractivity contribution in [2.75, 3.05) is 20.2 Å². The molecule has 0 unspecified atom stereocenters.